The van der Waals surface area contributed by atoms with E-state index < -0.39 is 17.6 Å². The maximum atomic E-state index is 13.6. The molecule has 2 aromatic carbocycles. The zero-order chi connectivity index (χ0) is 17.9. The Balaban J connectivity index is 2.17. The van der Waals surface area contributed by atoms with Crippen LogP contribution >= 0.6 is 11.6 Å². The second-order valence-corrected chi connectivity index (χ2v) is 5.17. The lowest BCUT2D eigenvalue weighted by molar-refractivity contribution is -0.137. The number of halogens is 5. The molecule has 0 heterocycles. The topological polar surface area (TPSA) is 73.6 Å². The van der Waals surface area contributed by atoms with E-state index in [9.17, 15) is 17.6 Å². The van der Waals surface area contributed by atoms with E-state index in [1.54, 1.807) is 0 Å². The summed E-state index contributed by atoms with van der Waals surface area (Å²) in [5.74, 6) is 4.27. The number of hydrogen-bond donors (Lipinski definition) is 2. The second kappa shape index (κ2) is 6.96. The van der Waals surface area contributed by atoms with Crippen LogP contribution in [0.15, 0.2) is 41.5 Å². The molecule has 0 amide bonds. The Labute approximate surface area is 139 Å². The van der Waals surface area contributed by atoms with Crippen molar-refractivity contribution < 1.29 is 22.3 Å². The quantitative estimate of drug-likeness (QED) is 0.287. The van der Waals surface area contributed by atoms with Crippen molar-refractivity contribution >= 4 is 17.4 Å². The molecule has 4 N–H and O–H groups in total. The van der Waals surface area contributed by atoms with Crippen LogP contribution in [0.3, 0.4) is 0 Å². The first kappa shape index (κ1) is 17.9. The maximum Gasteiger partial charge on any atom is 0.416 e. The van der Waals surface area contributed by atoms with E-state index in [0.29, 0.717) is 5.56 Å². The van der Waals surface area contributed by atoms with Crippen LogP contribution in [0, 0.1) is 5.82 Å². The van der Waals surface area contributed by atoms with Gasteiger partial charge in [-0.15, -0.1) is 0 Å². The standard InChI is InChI=1S/C15H12ClF4N3O/c16-11-6-9(15(18,19)20)2-4-13(11)24-7-8-1-3-12(17)10(5-8)14(21)23-22/h1-6H,7,22H2,(H2,21,23). The monoisotopic (exact) mass is 361 g/mol. The molecule has 0 aromatic heterocycles. The normalized spacial score (nSPS) is 12.3. The summed E-state index contributed by atoms with van der Waals surface area (Å²) in [4.78, 5) is 0. The number of amidine groups is 1. The molecule has 4 nitrogen and oxygen atoms in total. The van der Waals surface area contributed by atoms with Gasteiger partial charge in [0.1, 0.15) is 18.2 Å². The van der Waals surface area contributed by atoms with Gasteiger partial charge in [0.05, 0.1) is 16.1 Å². The van der Waals surface area contributed by atoms with Crippen LogP contribution in [-0.4, -0.2) is 5.84 Å². The summed E-state index contributed by atoms with van der Waals surface area (Å²) in [6.45, 7) is -0.0593. The predicted molar refractivity (Wildman–Crippen MR) is 82.1 cm³/mol. The Kier molecular flexibility index (Phi) is 5.18. The molecule has 0 fully saturated rings. The summed E-state index contributed by atoms with van der Waals surface area (Å²) < 4.78 is 56.7. The lowest BCUT2D eigenvalue weighted by atomic mass is 10.1. The fraction of sp³-hybridized carbons (Fsp3) is 0.133. The van der Waals surface area contributed by atoms with E-state index in [4.69, 9.17) is 27.9 Å². The first-order valence-electron chi connectivity index (χ1n) is 6.54. The molecule has 0 atom stereocenters. The van der Waals surface area contributed by atoms with Gasteiger partial charge < -0.3 is 16.3 Å². The van der Waals surface area contributed by atoms with Crippen LogP contribution in [0.25, 0.3) is 0 Å². The smallest absolute Gasteiger partial charge is 0.416 e. The van der Waals surface area contributed by atoms with Crippen molar-refractivity contribution in [2.24, 2.45) is 16.7 Å². The van der Waals surface area contributed by atoms with E-state index in [1.165, 1.54) is 12.1 Å². The minimum atomic E-state index is -4.49. The highest BCUT2D eigenvalue weighted by atomic mass is 35.5. The second-order valence-electron chi connectivity index (χ2n) is 4.76. The highest BCUT2D eigenvalue weighted by Crippen LogP contribution is 2.34. The summed E-state index contributed by atoms with van der Waals surface area (Å²) >= 11 is 5.79. The minimum Gasteiger partial charge on any atom is -0.487 e. The first-order chi connectivity index (χ1) is 11.2. The fourth-order valence-electron chi connectivity index (χ4n) is 1.88. The Morgan fingerprint density at radius 2 is 1.88 bits per heavy atom. The van der Waals surface area contributed by atoms with E-state index in [-0.39, 0.29) is 28.8 Å². The largest absolute Gasteiger partial charge is 0.487 e. The number of alkyl halides is 3. The van der Waals surface area contributed by atoms with Gasteiger partial charge in [0.2, 0.25) is 0 Å². The van der Waals surface area contributed by atoms with Gasteiger partial charge >= 0.3 is 6.18 Å². The highest BCUT2D eigenvalue weighted by molar-refractivity contribution is 6.32. The van der Waals surface area contributed by atoms with Crippen molar-refractivity contribution in [3.8, 4) is 5.75 Å². The Morgan fingerprint density at radius 3 is 2.46 bits per heavy atom. The number of rotatable bonds is 4. The summed E-state index contributed by atoms with van der Waals surface area (Å²) in [5, 5.41) is 3.03. The van der Waals surface area contributed by atoms with Crippen LogP contribution in [-0.2, 0) is 12.8 Å². The third kappa shape index (κ3) is 4.08. The third-order valence-electron chi connectivity index (χ3n) is 3.10. The van der Waals surface area contributed by atoms with Crippen molar-refractivity contribution in [1.82, 2.24) is 0 Å². The zero-order valence-corrected chi connectivity index (χ0v) is 12.8. The Morgan fingerprint density at radius 1 is 1.17 bits per heavy atom. The lowest BCUT2D eigenvalue weighted by Gasteiger charge is -2.12. The molecule has 2 aromatic rings. The summed E-state index contributed by atoms with van der Waals surface area (Å²) in [7, 11) is 0. The van der Waals surface area contributed by atoms with Crippen LogP contribution in [0.4, 0.5) is 17.6 Å². The van der Waals surface area contributed by atoms with Gasteiger partial charge in [0.25, 0.3) is 0 Å². The maximum absolute atomic E-state index is 13.6. The number of benzene rings is 2. The van der Waals surface area contributed by atoms with Gasteiger partial charge in [-0.1, -0.05) is 17.7 Å². The molecule has 9 heteroatoms. The van der Waals surface area contributed by atoms with Gasteiger partial charge in [-0.25, -0.2) is 4.39 Å². The first-order valence-corrected chi connectivity index (χ1v) is 6.92. The molecule has 128 valence electrons. The zero-order valence-electron chi connectivity index (χ0n) is 12.1. The molecule has 0 aliphatic carbocycles. The molecule has 0 saturated heterocycles. The van der Waals surface area contributed by atoms with Gasteiger partial charge in [0.15, 0.2) is 5.84 Å². The average molecular weight is 362 g/mol. The molecule has 0 aliphatic heterocycles. The van der Waals surface area contributed by atoms with Gasteiger partial charge in [-0.3, -0.25) is 0 Å². The third-order valence-corrected chi connectivity index (χ3v) is 3.39. The molecule has 0 saturated carbocycles. The number of hydrogen-bond acceptors (Lipinski definition) is 3. The van der Waals surface area contributed by atoms with Crippen molar-refractivity contribution in [2.45, 2.75) is 12.8 Å². The summed E-state index contributed by atoms with van der Waals surface area (Å²) in [6, 6.07) is 6.70. The van der Waals surface area contributed by atoms with E-state index in [0.717, 1.165) is 24.3 Å². The van der Waals surface area contributed by atoms with Crippen LogP contribution in [0.2, 0.25) is 5.02 Å². The van der Waals surface area contributed by atoms with Crippen molar-refractivity contribution in [3.63, 3.8) is 0 Å². The van der Waals surface area contributed by atoms with E-state index in [1.807, 2.05) is 0 Å². The van der Waals surface area contributed by atoms with Crippen molar-refractivity contribution in [2.75, 3.05) is 0 Å². The lowest BCUT2D eigenvalue weighted by Crippen LogP contribution is -2.17. The van der Waals surface area contributed by atoms with Gasteiger partial charge in [-0.05, 0) is 35.9 Å². The predicted octanol–water partition coefficient (Wildman–Crippen LogP) is 3.66. The Hall–Kier alpha value is -2.48. The minimum absolute atomic E-state index is 0.00267. The Bertz CT molecular complexity index is 778. The summed E-state index contributed by atoms with van der Waals surface area (Å²) in [6.07, 6.45) is -4.49. The molecule has 24 heavy (non-hydrogen) atoms. The molecule has 0 spiro atoms. The van der Waals surface area contributed by atoms with Crippen molar-refractivity contribution in [3.05, 3.63) is 63.9 Å². The van der Waals surface area contributed by atoms with E-state index >= 15 is 0 Å². The van der Waals surface area contributed by atoms with Crippen LogP contribution in [0.1, 0.15) is 16.7 Å². The molecule has 0 aliphatic rings. The van der Waals surface area contributed by atoms with Crippen LogP contribution < -0.4 is 16.3 Å². The van der Waals surface area contributed by atoms with Gasteiger partial charge in [0, 0.05) is 0 Å². The molecule has 0 unspecified atom stereocenters. The van der Waals surface area contributed by atoms with Crippen molar-refractivity contribution in [1.29, 1.82) is 0 Å². The molecule has 2 rings (SSSR count). The highest BCUT2D eigenvalue weighted by Gasteiger charge is 2.31. The molecule has 0 radical (unpaired) electrons. The SMILES string of the molecule is N/N=C(\N)c1cc(COc2ccc(C(F)(F)F)cc2Cl)ccc1F. The number of nitrogens with zero attached hydrogens (tertiary/aromatic N) is 1. The number of hydrazone groups is 1. The molecule has 0 bridgehead atoms. The van der Waals surface area contributed by atoms with E-state index in [2.05, 4.69) is 5.10 Å². The average Bonchev–Trinajstić information content (AvgIpc) is 2.53. The fourth-order valence-corrected chi connectivity index (χ4v) is 2.12. The number of nitrogens with two attached hydrogens (primary N) is 2. The number of ether oxygens (including phenoxy) is 1. The van der Waals surface area contributed by atoms with Gasteiger partial charge in [-0.2, -0.15) is 18.3 Å². The summed E-state index contributed by atoms with van der Waals surface area (Å²) in [5.41, 5.74) is 5.10. The molecular formula is C15H12ClF4N3O. The molecular weight excluding hydrogens is 350 g/mol. The van der Waals surface area contributed by atoms with Crippen LogP contribution in [0.5, 0.6) is 5.75 Å².